The van der Waals surface area contributed by atoms with Gasteiger partial charge in [-0.1, -0.05) is 36.4 Å². The summed E-state index contributed by atoms with van der Waals surface area (Å²) in [5, 5.41) is 20.9. The van der Waals surface area contributed by atoms with Crippen molar-refractivity contribution in [3.63, 3.8) is 0 Å². The van der Waals surface area contributed by atoms with Gasteiger partial charge in [-0.3, -0.25) is 5.41 Å². The van der Waals surface area contributed by atoms with E-state index in [4.69, 9.17) is 5.41 Å². The number of benzene rings is 1. The molecule has 0 bridgehead atoms. The van der Waals surface area contributed by atoms with E-state index in [9.17, 15) is 5.11 Å². The minimum atomic E-state index is 0.204. The lowest BCUT2D eigenvalue weighted by Gasteiger charge is -2.15. The Morgan fingerprint density at radius 2 is 2.14 bits per heavy atom. The van der Waals surface area contributed by atoms with Crippen LogP contribution in [0.1, 0.15) is 5.01 Å². The van der Waals surface area contributed by atoms with E-state index in [2.05, 4.69) is 11.6 Å². The van der Waals surface area contributed by atoms with Crippen molar-refractivity contribution in [3.05, 3.63) is 59.1 Å². The van der Waals surface area contributed by atoms with E-state index < -0.39 is 0 Å². The number of amidine groups is 1. The highest BCUT2D eigenvalue weighted by Gasteiger charge is 2.29. The molecule has 2 heterocycles. The van der Waals surface area contributed by atoms with Crippen molar-refractivity contribution in [3.8, 4) is 11.3 Å². The summed E-state index contributed by atoms with van der Waals surface area (Å²) in [7, 11) is 0. The molecule has 0 atom stereocenters. The zero-order valence-electron chi connectivity index (χ0n) is 11.4. The fourth-order valence-electron chi connectivity index (χ4n) is 2.30. The summed E-state index contributed by atoms with van der Waals surface area (Å²) in [5.74, 6) is 0.511. The average molecular weight is 297 g/mol. The van der Waals surface area contributed by atoms with Gasteiger partial charge in [-0.25, -0.2) is 4.98 Å². The van der Waals surface area contributed by atoms with Gasteiger partial charge in [-0.15, -0.1) is 17.9 Å². The maximum Gasteiger partial charge on any atom is 0.135 e. The largest absolute Gasteiger partial charge is 0.510 e. The summed E-state index contributed by atoms with van der Waals surface area (Å²) in [4.78, 5) is 6.33. The molecule has 2 N–H and O–H groups in total. The predicted molar refractivity (Wildman–Crippen MR) is 86.6 cm³/mol. The number of nitrogens with one attached hydrogen (secondary N) is 1. The predicted octanol–water partition coefficient (Wildman–Crippen LogP) is 3.56. The normalized spacial score (nSPS) is 14.9. The summed E-state index contributed by atoms with van der Waals surface area (Å²) >= 11 is 1.45. The molecule has 0 aliphatic carbocycles. The number of rotatable bonds is 4. The van der Waals surface area contributed by atoms with Gasteiger partial charge in [0.15, 0.2) is 0 Å². The second-order valence-corrected chi connectivity index (χ2v) is 5.60. The lowest BCUT2D eigenvalue weighted by Crippen LogP contribution is -2.26. The van der Waals surface area contributed by atoms with Gasteiger partial charge in [0.1, 0.15) is 16.6 Å². The van der Waals surface area contributed by atoms with Crippen molar-refractivity contribution in [2.75, 3.05) is 13.1 Å². The smallest absolute Gasteiger partial charge is 0.135 e. The van der Waals surface area contributed by atoms with E-state index in [1.807, 2.05) is 35.7 Å². The third-order valence-electron chi connectivity index (χ3n) is 3.32. The Bertz CT molecular complexity index is 718. The molecule has 4 nitrogen and oxygen atoms in total. The zero-order valence-corrected chi connectivity index (χ0v) is 12.2. The Morgan fingerprint density at radius 3 is 2.86 bits per heavy atom. The monoisotopic (exact) mass is 297 g/mol. The number of hydrogen-bond acceptors (Lipinski definition) is 4. The molecule has 0 unspecified atom stereocenters. The van der Waals surface area contributed by atoms with E-state index >= 15 is 0 Å². The third kappa shape index (κ3) is 2.48. The Labute approximate surface area is 127 Å². The van der Waals surface area contributed by atoms with Crippen LogP contribution in [0.3, 0.4) is 0 Å². The van der Waals surface area contributed by atoms with Gasteiger partial charge in [-0.2, -0.15) is 0 Å². The first-order valence-electron chi connectivity index (χ1n) is 6.59. The SMILES string of the molecule is C=CCN1CC(O)=C(c2nc(-c3ccccc3)cs2)C1=N. The van der Waals surface area contributed by atoms with Gasteiger partial charge >= 0.3 is 0 Å². The molecule has 1 aromatic heterocycles. The van der Waals surface area contributed by atoms with E-state index in [0.717, 1.165) is 11.3 Å². The lowest BCUT2D eigenvalue weighted by atomic mass is 10.2. The fraction of sp³-hybridized carbons (Fsp3) is 0.125. The Hall–Kier alpha value is -2.40. The van der Waals surface area contributed by atoms with Crippen molar-refractivity contribution in [1.29, 1.82) is 5.41 Å². The summed E-state index contributed by atoms with van der Waals surface area (Å²) in [6.45, 7) is 4.57. The molecule has 0 amide bonds. The Kier molecular flexibility index (Phi) is 3.58. The second-order valence-electron chi connectivity index (χ2n) is 4.74. The van der Waals surface area contributed by atoms with Gasteiger partial charge in [0.05, 0.1) is 17.8 Å². The highest BCUT2D eigenvalue weighted by Crippen LogP contribution is 2.31. The molecule has 0 radical (unpaired) electrons. The van der Waals surface area contributed by atoms with Gasteiger partial charge in [0, 0.05) is 17.5 Å². The van der Waals surface area contributed by atoms with E-state index in [0.29, 0.717) is 29.5 Å². The molecule has 0 fully saturated rings. The van der Waals surface area contributed by atoms with Crippen molar-refractivity contribution >= 4 is 22.7 Å². The van der Waals surface area contributed by atoms with Crippen LogP contribution in [-0.2, 0) is 0 Å². The number of nitrogens with zero attached hydrogens (tertiary/aromatic N) is 2. The number of aromatic nitrogens is 1. The van der Waals surface area contributed by atoms with Gasteiger partial charge < -0.3 is 10.0 Å². The molecule has 1 aliphatic rings. The molecule has 21 heavy (non-hydrogen) atoms. The molecule has 1 aliphatic heterocycles. The standard InChI is InChI=1S/C16H15N3OS/c1-2-8-19-9-13(20)14(15(19)17)16-18-12(10-21-16)11-6-4-3-5-7-11/h2-7,10,17,20H,1,8-9H2. The second kappa shape index (κ2) is 5.54. The summed E-state index contributed by atoms with van der Waals surface area (Å²) < 4.78 is 0. The van der Waals surface area contributed by atoms with Crippen LogP contribution in [0.5, 0.6) is 0 Å². The van der Waals surface area contributed by atoms with Crippen LogP contribution in [0.4, 0.5) is 0 Å². The first-order valence-corrected chi connectivity index (χ1v) is 7.47. The Morgan fingerprint density at radius 1 is 1.38 bits per heavy atom. The quantitative estimate of drug-likeness (QED) is 0.848. The van der Waals surface area contributed by atoms with E-state index in [1.165, 1.54) is 11.3 Å². The molecular formula is C16H15N3OS. The van der Waals surface area contributed by atoms with Gasteiger partial charge in [-0.05, 0) is 0 Å². The summed E-state index contributed by atoms with van der Waals surface area (Å²) in [6.07, 6.45) is 1.72. The minimum Gasteiger partial charge on any atom is -0.510 e. The summed E-state index contributed by atoms with van der Waals surface area (Å²) in [5.41, 5.74) is 2.43. The number of hydrogen-bond donors (Lipinski definition) is 2. The van der Waals surface area contributed by atoms with E-state index in [1.54, 1.807) is 11.0 Å². The maximum absolute atomic E-state index is 10.1. The van der Waals surface area contributed by atoms with Gasteiger partial charge in [0.25, 0.3) is 0 Å². The number of aliphatic hydroxyl groups excluding tert-OH is 1. The summed E-state index contributed by atoms with van der Waals surface area (Å²) in [6, 6.07) is 9.89. The lowest BCUT2D eigenvalue weighted by molar-refractivity contribution is 0.362. The molecule has 0 saturated carbocycles. The van der Waals surface area contributed by atoms with Crippen LogP contribution in [0, 0.1) is 5.41 Å². The average Bonchev–Trinajstić information content (AvgIpc) is 3.06. The van der Waals surface area contributed by atoms with Crippen LogP contribution >= 0.6 is 11.3 Å². The third-order valence-corrected chi connectivity index (χ3v) is 4.18. The van der Waals surface area contributed by atoms with Gasteiger partial charge in [0.2, 0.25) is 0 Å². The minimum absolute atomic E-state index is 0.204. The zero-order chi connectivity index (χ0) is 14.8. The van der Waals surface area contributed by atoms with Crippen LogP contribution in [0.2, 0.25) is 0 Å². The van der Waals surface area contributed by atoms with Crippen molar-refractivity contribution in [2.45, 2.75) is 0 Å². The van der Waals surface area contributed by atoms with Crippen LogP contribution in [0.25, 0.3) is 16.8 Å². The van der Waals surface area contributed by atoms with Crippen LogP contribution in [-0.4, -0.2) is 33.9 Å². The van der Waals surface area contributed by atoms with Crippen LogP contribution < -0.4 is 0 Å². The van der Waals surface area contributed by atoms with Crippen molar-refractivity contribution in [1.82, 2.24) is 9.88 Å². The molecule has 3 rings (SSSR count). The molecule has 2 aromatic rings. The number of aliphatic hydroxyl groups is 1. The topological polar surface area (TPSA) is 60.2 Å². The molecule has 0 saturated heterocycles. The first kappa shape index (κ1) is 13.6. The highest BCUT2D eigenvalue weighted by atomic mass is 32.1. The highest BCUT2D eigenvalue weighted by molar-refractivity contribution is 7.11. The first-order chi connectivity index (χ1) is 10.2. The maximum atomic E-state index is 10.1. The van der Waals surface area contributed by atoms with Crippen molar-refractivity contribution < 1.29 is 5.11 Å². The molecule has 5 heteroatoms. The number of thiazole rings is 1. The fourth-order valence-corrected chi connectivity index (χ4v) is 3.20. The molecule has 106 valence electrons. The van der Waals surface area contributed by atoms with Crippen LogP contribution in [0.15, 0.2) is 54.1 Å². The Balaban J connectivity index is 1.92. The van der Waals surface area contributed by atoms with Crippen molar-refractivity contribution in [2.24, 2.45) is 0 Å². The molecule has 1 aromatic carbocycles. The van der Waals surface area contributed by atoms with E-state index in [-0.39, 0.29) is 5.76 Å². The molecular weight excluding hydrogens is 282 g/mol. The molecule has 0 spiro atoms.